The molecular weight excluding hydrogens is 526 g/mol. The van der Waals surface area contributed by atoms with Gasteiger partial charge >= 0.3 is 0 Å². The van der Waals surface area contributed by atoms with Gasteiger partial charge in [-0.3, -0.25) is 9.48 Å². The number of nitrogens with one attached hydrogen (secondary N) is 1. The molecule has 3 aromatic heterocycles. The van der Waals surface area contributed by atoms with Crippen LogP contribution in [0, 0.1) is 11.6 Å². The minimum absolute atomic E-state index is 0. The Morgan fingerprint density at radius 3 is 2.54 bits per heavy atom. The SMILES string of the molecule is Cl.O=c1ccc(-c2cc(F)cc(F)c2)nn1Cc1cccc(-c2ncc(-c3cnn(C4CCNCC4)c3)o2)c1. The Balaban J connectivity index is 0.00000308. The van der Waals surface area contributed by atoms with Gasteiger partial charge in [-0.1, -0.05) is 12.1 Å². The van der Waals surface area contributed by atoms with Crippen LogP contribution in [0.15, 0.2) is 82.4 Å². The molecular formula is C28H25ClF2N6O2. The first kappa shape index (κ1) is 26.5. The molecule has 0 amide bonds. The monoisotopic (exact) mass is 550 g/mol. The molecule has 1 aliphatic heterocycles. The molecule has 2 aromatic carbocycles. The number of piperidine rings is 1. The van der Waals surface area contributed by atoms with Crippen molar-refractivity contribution in [3.05, 3.63) is 101 Å². The van der Waals surface area contributed by atoms with Crippen LogP contribution >= 0.6 is 12.4 Å². The highest BCUT2D eigenvalue weighted by molar-refractivity contribution is 5.85. The lowest BCUT2D eigenvalue weighted by Gasteiger charge is -2.22. The van der Waals surface area contributed by atoms with Crippen LogP contribution in [0.5, 0.6) is 0 Å². The van der Waals surface area contributed by atoms with Crippen LogP contribution in [-0.2, 0) is 6.54 Å². The van der Waals surface area contributed by atoms with Crippen LogP contribution in [-0.4, -0.2) is 37.6 Å². The molecule has 39 heavy (non-hydrogen) atoms. The van der Waals surface area contributed by atoms with Gasteiger partial charge in [0.15, 0.2) is 5.76 Å². The molecule has 5 aromatic rings. The Bertz CT molecular complexity index is 1640. The van der Waals surface area contributed by atoms with Gasteiger partial charge in [-0.25, -0.2) is 18.4 Å². The van der Waals surface area contributed by atoms with Crippen molar-refractivity contribution in [1.82, 2.24) is 29.9 Å². The molecule has 200 valence electrons. The van der Waals surface area contributed by atoms with Crippen LogP contribution in [0.2, 0.25) is 0 Å². The Morgan fingerprint density at radius 1 is 0.949 bits per heavy atom. The summed E-state index contributed by atoms with van der Waals surface area (Å²) in [4.78, 5) is 16.9. The fraction of sp³-hybridized carbons (Fsp3) is 0.214. The van der Waals surface area contributed by atoms with Gasteiger partial charge in [0.05, 0.1) is 36.2 Å². The molecule has 0 unspecified atom stereocenters. The highest BCUT2D eigenvalue weighted by Gasteiger charge is 2.18. The minimum Gasteiger partial charge on any atom is -0.436 e. The summed E-state index contributed by atoms with van der Waals surface area (Å²) in [6.45, 7) is 2.13. The Kier molecular flexibility index (Phi) is 7.67. The second-order valence-electron chi connectivity index (χ2n) is 9.29. The molecule has 1 aliphatic rings. The van der Waals surface area contributed by atoms with E-state index in [4.69, 9.17) is 4.42 Å². The van der Waals surface area contributed by atoms with Crippen LogP contribution in [0.3, 0.4) is 0 Å². The molecule has 1 fully saturated rings. The van der Waals surface area contributed by atoms with E-state index < -0.39 is 11.6 Å². The molecule has 6 rings (SSSR count). The average Bonchev–Trinajstić information content (AvgIpc) is 3.61. The summed E-state index contributed by atoms with van der Waals surface area (Å²) in [5.41, 5.74) is 2.61. The van der Waals surface area contributed by atoms with Gasteiger partial charge < -0.3 is 9.73 Å². The third-order valence-corrected chi connectivity index (χ3v) is 6.61. The Hall–Kier alpha value is -4.15. The zero-order chi connectivity index (χ0) is 26.1. The fourth-order valence-electron chi connectivity index (χ4n) is 4.67. The first-order valence-corrected chi connectivity index (χ1v) is 12.4. The van der Waals surface area contributed by atoms with E-state index in [1.165, 1.54) is 28.9 Å². The highest BCUT2D eigenvalue weighted by Crippen LogP contribution is 2.28. The summed E-state index contributed by atoms with van der Waals surface area (Å²) in [6.07, 6.45) is 7.54. The van der Waals surface area contributed by atoms with E-state index in [2.05, 4.69) is 20.5 Å². The molecule has 8 nitrogen and oxygen atoms in total. The van der Waals surface area contributed by atoms with Crippen molar-refractivity contribution in [2.75, 3.05) is 13.1 Å². The van der Waals surface area contributed by atoms with E-state index in [9.17, 15) is 13.6 Å². The van der Waals surface area contributed by atoms with Crippen molar-refractivity contribution in [1.29, 1.82) is 0 Å². The first-order valence-electron chi connectivity index (χ1n) is 12.4. The van der Waals surface area contributed by atoms with Crippen molar-refractivity contribution < 1.29 is 13.2 Å². The van der Waals surface area contributed by atoms with Crippen molar-refractivity contribution in [2.45, 2.75) is 25.4 Å². The smallest absolute Gasteiger partial charge is 0.267 e. The van der Waals surface area contributed by atoms with Crippen molar-refractivity contribution >= 4 is 12.4 Å². The summed E-state index contributed by atoms with van der Waals surface area (Å²) >= 11 is 0. The normalized spacial score (nSPS) is 13.8. The number of oxazole rings is 1. The number of nitrogens with zero attached hydrogens (tertiary/aromatic N) is 5. The van der Waals surface area contributed by atoms with Gasteiger partial charge in [-0.15, -0.1) is 12.4 Å². The predicted octanol–water partition coefficient (Wildman–Crippen LogP) is 5.10. The minimum atomic E-state index is -0.712. The molecule has 0 spiro atoms. The molecule has 11 heteroatoms. The van der Waals surface area contributed by atoms with Crippen LogP contribution in [0.4, 0.5) is 8.78 Å². The first-order chi connectivity index (χ1) is 18.5. The maximum Gasteiger partial charge on any atom is 0.267 e. The van der Waals surface area contributed by atoms with Gasteiger partial charge in [-0.05, 0) is 61.8 Å². The topological polar surface area (TPSA) is 90.8 Å². The molecule has 0 saturated carbocycles. The lowest BCUT2D eigenvalue weighted by molar-refractivity contribution is 0.343. The number of hydrogen-bond donors (Lipinski definition) is 1. The molecule has 1 N–H and O–H groups in total. The predicted molar refractivity (Wildman–Crippen MR) is 144 cm³/mol. The lowest BCUT2D eigenvalue weighted by atomic mass is 10.1. The van der Waals surface area contributed by atoms with E-state index in [1.54, 1.807) is 12.4 Å². The largest absolute Gasteiger partial charge is 0.436 e. The van der Waals surface area contributed by atoms with Gasteiger partial charge in [0.2, 0.25) is 5.89 Å². The molecule has 0 radical (unpaired) electrons. The molecule has 1 saturated heterocycles. The zero-order valence-electron chi connectivity index (χ0n) is 20.8. The summed E-state index contributed by atoms with van der Waals surface area (Å²) in [6, 6.07) is 13.8. The van der Waals surface area contributed by atoms with E-state index in [1.807, 2.05) is 35.1 Å². The van der Waals surface area contributed by atoms with E-state index in [0.29, 0.717) is 23.4 Å². The maximum atomic E-state index is 13.7. The van der Waals surface area contributed by atoms with Crippen molar-refractivity contribution in [3.63, 3.8) is 0 Å². The fourth-order valence-corrected chi connectivity index (χ4v) is 4.67. The van der Waals surface area contributed by atoms with Crippen LogP contribution in [0.1, 0.15) is 24.4 Å². The van der Waals surface area contributed by atoms with Crippen LogP contribution in [0.25, 0.3) is 34.0 Å². The maximum absolute atomic E-state index is 13.7. The van der Waals surface area contributed by atoms with Crippen molar-refractivity contribution in [3.8, 4) is 34.0 Å². The Morgan fingerprint density at radius 2 is 1.74 bits per heavy atom. The average molecular weight is 551 g/mol. The van der Waals surface area contributed by atoms with Crippen molar-refractivity contribution in [2.24, 2.45) is 0 Å². The van der Waals surface area contributed by atoms with E-state index in [-0.39, 0.29) is 30.1 Å². The summed E-state index contributed by atoms with van der Waals surface area (Å²) in [5, 5.41) is 12.2. The third kappa shape index (κ3) is 5.81. The lowest BCUT2D eigenvalue weighted by Crippen LogP contribution is -2.29. The second kappa shape index (κ2) is 11.3. The van der Waals surface area contributed by atoms with E-state index in [0.717, 1.165) is 48.7 Å². The summed E-state index contributed by atoms with van der Waals surface area (Å²) < 4.78 is 36.7. The number of halogens is 3. The number of benzene rings is 2. The van der Waals surface area contributed by atoms with Gasteiger partial charge in [-0.2, -0.15) is 10.2 Å². The van der Waals surface area contributed by atoms with Gasteiger partial charge in [0.25, 0.3) is 5.56 Å². The van der Waals surface area contributed by atoms with Gasteiger partial charge in [0, 0.05) is 29.5 Å². The molecule has 0 atom stereocenters. The summed E-state index contributed by atoms with van der Waals surface area (Å²) in [5.74, 6) is -0.355. The van der Waals surface area contributed by atoms with Gasteiger partial charge in [0.1, 0.15) is 11.6 Å². The molecule has 0 aliphatic carbocycles. The number of rotatable bonds is 6. The molecule has 0 bridgehead atoms. The van der Waals surface area contributed by atoms with Crippen LogP contribution < -0.4 is 10.9 Å². The number of hydrogen-bond acceptors (Lipinski definition) is 6. The Labute approximate surface area is 228 Å². The third-order valence-electron chi connectivity index (χ3n) is 6.61. The second-order valence-corrected chi connectivity index (χ2v) is 9.29. The van der Waals surface area contributed by atoms with E-state index >= 15 is 0 Å². The standard InChI is InChI=1S/C28H24F2N6O2.ClH/c29-22-11-20(12-23(30)13-22)25-4-5-27(37)36(34-25)16-18-2-1-3-19(10-18)28-32-15-26(38-28)21-14-33-35(17-21)24-6-8-31-9-7-24;/h1-5,10-15,17,24,31H,6-9,16H2;1H. The quantitative estimate of drug-likeness (QED) is 0.316. The molecule has 4 heterocycles. The summed E-state index contributed by atoms with van der Waals surface area (Å²) in [7, 11) is 0. The zero-order valence-corrected chi connectivity index (χ0v) is 21.6. The number of aromatic nitrogens is 5. The highest BCUT2D eigenvalue weighted by atomic mass is 35.5.